The number of nitrogens with zero attached hydrogens (tertiary/aromatic N) is 1. The highest BCUT2D eigenvalue weighted by Crippen LogP contribution is 2.28. The first-order valence-electron chi connectivity index (χ1n) is 6.19. The number of anilines is 2. The van der Waals surface area contributed by atoms with Crippen molar-refractivity contribution in [2.75, 3.05) is 11.1 Å². The number of aromatic nitrogens is 1. The second-order valence-electron chi connectivity index (χ2n) is 4.87. The standard InChI is InChI=1S/C14H18N4O/c1-8(2)12(14(16)19)18-13-9-5-3-4-6-11(9)17-7-10(13)15/h3-8,12H,15H2,1-2H3,(H2,16,19)(H,17,18). The van der Waals surface area contributed by atoms with Gasteiger partial charge < -0.3 is 16.8 Å². The summed E-state index contributed by atoms with van der Waals surface area (Å²) in [6.45, 7) is 3.87. The number of carbonyl (C=O) groups excluding carboxylic acids is 1. The van der Waals surface area contributed by atoms with Crippen LogP contribution >= 0.6 is 0 Å². The Morgan fingerprint density at radius 3 is 2.63 bits per heavy atom. The van der Waals surface area contributed by atoms with E-state index >= 15 is 0 Å². The summed E-state index contributed by atoms with van der Waals surface area (Å²) in [5.74, 6) is -0.320. The molecule has 1 atom stereocenters. The zero-order chi connectivity index (χ0) is 14.0. The van der Waals surface area contributed by atoms with E-state index in [1.54, 1.807) is 6.20 Å². The molecule has 0 spiro atoms. The third kappa shape index (κ3) is 2.59. The highest BCUT2D eigenvalue weighted by Gasteiger charge is 2.21. The van der Waals surface area contributed by atoms with E-state index in [4.69, 9.17) is 11.5 Å². The number of fused-ring (bicyclic) bond motifs is 1. The van der Waals surface area contributed by atoms with E-state index in [9.17, 15) is 4.79 Å². The maximum absolute atomic E-state index is 11.5. The van der Waals surface area contributed by atoms with Crippen molar-refractivity contribution in [2.45, 2.75) is 19.9 Å². The fraction of sp³-hybridized carbons (Fsp3) is 0.286. The van der Waals surface area contributed by atoms with Crippen LogP contribution in [0.2, 0.25) is 0 Å². The lowest BCUT2D eigenvalue weighted by molar-refractivity contribution is -0.119. The van der Waals surface area contributed by atoms with Crippen molar-refractivity contribution >= 4 is 28.2 Å². The Bertz CT molecular complexity index is 609. The average Bonchev–Trinajstić information content (AvgIpc) is 2.36. The highest BCUT2D eigenvalue weighted by atomic mass is 16.1. The van der Waals surface area contributed by atoms with Gasteiger partial charge in [-0.2, -0.15) is 0 Å². The molecule has 1 heterocycles. The highest BCUT2D eigenvalue weighted by molar-refractivity contribution is 5.98. The van der Waals surface area contributed by atoms with Crippen molar-refractivity contribution < 1.29 is 4.79 Å². The summed E-state index contributed by atoms with van der Waals surface area (Å²) in [5, 5.41) is 4.03. The van der Waals surface area contributed by atoms with Crippen LogP contribution in [0.5, 0.6) is 0 Å². The van der Waals surface area contributed by atoms with Crippen molar-refractivity contribution in [2.24, 2.45) is 11.7 Å². The van der Waals surface area contributed by atoms with E-state index < -0.39 is 11.9 Å². The molecule has 5 nitrogen and oxygen atoms in total. The summed E-state index contributed by atoms with van der Waals surface area (Å²) in [7, 11) is 0. The molecule has 0 aliphatic carbocycles. The van der Waals surface area contributed by atoms with Crippen LogP contribution < -0.4 is 16.8 Å². The molecule has 5 N–H and O–H groups in total. The predicted molar refractivity (Wildman–Crippen MR) is 77.6 cm³/mol. The molecule has 1 aromatic heterocycles. The molecule has 5 heteroatoms. The molecule has 100 valence electrons. The topological polar surface area (TPSA) is 94.0 Å². The minimum atomic E-state index is -0.465. The van der Waals surface area contributed by atoms with Gasteiger partial charge in [-0.1, -0.05) is 32.0 Å². The number of primary amides is 1. The minimum absolute atomic E-state index is 0.0730. The molecule has 0 saturated carbocycles. The first-order valence-corrected chi connectivity index (χ1v) is 6.19. The van der Waals surface area contributed by atoms with Gasteiger partial charge in [0.25, 0.3) is 0 Å². The zero-order valence-electron chi connectivity index (χ0n) is 11.1. The molecule has 1 aromatic carbocycles. The number of amides is 1. The van der Waals surface area contributed by atoms with Gasteiger partial charge in [0, 0.05) is 5.39 Å². The monoisotopic (exact) mass is 258 g/mol. The van der Waals surface area contributed by atoms with Crippen LogP contribution in [0.3, 0.4) is 0 Å². The summed E-state index contributed by atoms with van der Waals surface area (Å²) in [6, 6.07) is 7.16. The van der Waals surface area contributed by atoms with Crippen LogP contribution in [0, 0.1) is 5.92 Å². The van der Waals surface area contributed by atoms with E-state index in [2.05, 4.69) is 10.3 Å². The second kappa shape index (κ2) is 5.14. The Labute approximate surface area is 112 Å². The Balaban J connectivity index is 2.49. The minimum Gasteiger partial charge on any atom is -0.396 e. The molecule has 0 fully saturated rings. The fourth-order valence-electron chi connectivity index (χ4n) is 2.04. The quantitative estimate of drug-likeness (QED) is 0.778. The van der Waals surface area contributed by atoms with Crippen molar-refractivity contribution in [3.8, 4) is 0 Å². The van der Waals surface area contributed by atoms with Crippen LogP contribution in [-0.2, 0) is 4.79 Å². The van der Waals surface area contributed by atoms with Gasteiger partial charge in [-0.05, 0) is 12.0 Å². The molecule has 0 bridgehead atoms. The Morgan fingerprint density at radius 2 is 2.00 bits per heavy atom. The summed E-state index contributed by atoms with van der Waals surface area (Å²) in [6.07, 6.45) is 1.59. The van der Waals surface area contributed by atoms with E-state index in [0.29, 0.717) is 11.4 Å². The molecular formula is C14H18N4O. The molecule has 0 aliphatic rings. The van der Waals surface area contributed by atoms with Gasteiger partial charge in [0.05, 0.1) is 23.1 Å². The van der Waals surface area contributed by atoms with Crippen molar-refractivity contribution in [1.29, 1.82) is 0 Å². The Morgan fingerprint density at radius 1 is 1.32 bits per heavy atom. The second-order valence-corrected chi connectivity index (χ2v) is 4.87. The molecule has 1 unspecified atom stereocenters. The summed E-state index contributed by atoms with van der Waals surface area (Å²) in [4.78, 5) is 15.8. The molecule has 2 rings (SSSR count). The summed E-state index contributed by atoms with van der Waals surface area (Å²) in [5.41, 5.74) is 13.4. The van der Waals surface area contributed by atoms with Crippen molar-refractivity contribution in [1.82, 2.24) is 4.98 Å². The molecule has 2 aromatic rings. The number of para-hydroxylation sites is 1. The maximum atomic E-state index is 11.5. The van der Waals surface area contributed by atoms with Gasteiger partial charge in [-0.25, -0.2) is 0 Å². The summed E-state index contributed by atoms with van der Waals surface area (Å²) >= 11 is 0. The van der Waals surface area contributed by atoms with Crippen molar-refractivity contribution in [3.05, 3.63) is 30.5 Å². The smallest absolute Gasteiger partial charge is 0.240 e. The third-order valence-electron chi connectivity index (χ3n) is 3.08. The van der Waals surface area contributed by atoms with Gasteiger partial charge in [-0.3, -0.25) is 9.78 Å². The number of hydrogen-bond acceptors (Lipinski definition) is 4. The number of benzene rings is 1. The summed E-state index contributed by atoms with van der Waals surface area (Å²) < 4.78 is 0. The number of pyridine rings is 1. The van der Waals surface area contributed by atoms with E-state index in [1.165, 1.54) is 0 Å². The zero-order valence-corrected chi connectivity index (χ0v) is 11.1. The molecule has 1 amide bonds. The molecular weight excluding hydrogens is 240 g/mol. The SMILES string of the molecule is CC(C)C(Nc1c(N)cnc2ccccc12)C(N)=O. The van der Waals surface area contributed by atoms with Crippen LogP contribution in [0.25, 0.3) is 10.9 Å². The number of rotatable bonds is 4. The van der Waals surface area contributed by atoms with Crippen LogP contribution in [0.1, 0.15) is 13.8 Å². The number of hydrogen-bond donors (Lipinski definition) is 3. The van der Waals surface area contributed by atoms with Crippen LogP contribution in [0.15, 0.2) is 30.5 Å². The number of carbonyl (C=O) groups is 1. The van der Waals surface area contributed by atoms with Gasteiger partial charge >= 0.3 is 0 Å². The molecule has 19 heavy (non-hydrogen) atoms. The number of nitrogens with two attached hydrogens (primary N) is 2. The van der Waals surface area contributed by atoms with Crippen LogP contribution in [-0.4, -0.2) is 16.9 Å². The van der Waals surface area contributed by atoms with Crippen molar-refractivity contribution in [3.63, 3.8) is 0 Å². The molecule has 0 aliphatic heterocycles. The third-order valence-corrected chi connectivity index (χ3v) is 3.08. The van der Waals surface area contributed by atoms with E-state index in [1.807, 2.05) is 38.1 Å². The van der Waals surface area contributed by atoms with Gasteiger partial charge in [0.2, 0.25) is 5.91 Å². The fourth-order valence-corrected chi connectivity index (χ4v) is 2.04. The lowest BCUT2D eigenvalue weighted by Crippen LogP contribution is -2.39. The number of nitrogen functional groups attached to an aromatic ring is 1. The van der Waals surface area contributed by atoms with E-state index in [-0.39, 0.29) is 5.92 Å². The normalized spacial score (nSPS) is 12.6. The lowest BCUT2D eigenvalue weighted by atomic mass is 10.0. The Kier molecular flexibility index (Phi) is 3.55. The average molecular weight is 258 g/mol. The van der Waals surface area contributed by atoms with Gasteiger partial charge in [0.15, 0.2) is 0 Å². The molecule has 0 saturated heterocycles. The Hall–Kier alpha value is -2.30. The first kappa shape index (κ1) is 13.1. The molecule has 0 radical (unpaired) electrons. The van der Waals surface area contributed by atoms with Gasteiger partial charge in [-0.15, -0.1) is 0 Å². The van der Waals surface area contributed by atoms with E-state index in [0.717, 1.165) is 10.9 Å². The predicted octanol–water partition coefficient (Wildman–Crippen LogP) is 1.74. The largest absolute Gasteiger partial charge is 0.396 e. The maximum Gasteiger partial charge on any atom is 0.240 e. The lowest BCUT2D eigenvalue weighted by Gasteiger charge is -2.22. The first-order chi connectivity index (χ1) is 9.00. The number of nitrogens with one attached hydrogen (secondary N) is 1. The van der Waals surface area contributed by atoms with Crippen LogP contribution in [0.4, 0.5) is 11.4 Å². The van der Waals surface area contributed by atoms with Gasteiger partial charge in [0.1, 0.15) is 6.04 Å².